The third-order valence-corrected chi connectivity index (χ3v) is 4.82. The SMILES string of the molecule is Cc1ccc(C(=O)Nc2nc3ccccc3n2C2CCCC2)cc1. The number of benzene rings is 2. The van der Waals surface area contributed by atoms with Crippen LogP contribution in [0.5, 0.6) is 0 Å². The Balaban J connectivity index is 1.71. The van der Waals surface area contributed by atoms with Crippen molar-refractivity contribution in [2.75, 3.05) is 5.32 Å². The van der Waals surface area contributed by atoms with E-state index >= 15 is 0 Å². The minimum Gasteiger partial charge on any atom is -0.307 e. The van der Waals surface area contributed by atoms with E-state index in [1.165, 1.54) is 12.8 Å². The van der Waals surface area contributed by atoms with Gasteiger partial charge in [0.05, 0.1) is 11.0 Å². The molecular weight excluding hydrogens is 298 g/mol. The van der Waals surface area contributed by atoms with Gasteiger partial charge in [-0.1, -0.05) is 42.7 Å². The fourth-order valence-electron chi connectivity index (χ4n) is 3.54. The third-order valence-electron chi connectivity index (χ3n) is 4.82. The fraction of sp³-hybridized carbons (Fsp3) is 0.300. The summed E-state index contributed by atoms with van der Waals surface area (Å²) in [6.45, 7) is 2.02. The van der Waals surface area contributed by atoms with Crippen molar-refractivity contribution in [3.05, 3.63) is 59.7 Å². The van der Waals surface area contributed by atoms with Crippen LogP contribution < -0.4 is 5.32 Å². The first-order valence-electron chi connectivity index (χ1n) is 8.57. The number of nitrogens with zero attached hydrogens (tertiary/aromatic N) is 2. The van der Waals surface area contributed by atoms with Crippen molar-refractivity contribution in [3.63, 3.8) is 0 Å². The first kappa shape index (κ1) is 14.9. The predicted molar refractivity (Wildman–Crippen MR) is 96.4 cm³/mol. The molecule has 1 saturated carbocycles. The Morgan fingerprint density at radius 1 is 1.08 bits per heavy atom. The smallest absolute Gasteiger partial charge is 0.257 e. The van der Waals surface area contributed by atoms with Gasteiger partial charge in [0.2, 0.25) is 5.95 Å². The van der Waals surface area contributed by atoms with Crippen LogP contribution in [-0.4, -0.2) is 15.5 Å². The zero-order valence-electron chi connectivity index (χ0n) is 13.8. The summed E-state index contributed by atoms with van der Waals surface area (Å²) in [5.41, 5.74) is 3.84. The van der Waals surface area contributed by atoms with Crippen LogP contribution in [0.4, 0.5) is 5.95 Å². The van der Waals surface area contributed by atoms with Gasteiger partial charge >= 0.3 is 0 Å². The number of aryl methyl sites for hydroxylation is 1. The van der Waals surface area contributed by atoms with E-state index in [-0.39, 0.29) is 5.91 Å². The fourth-order valence-corrected chi connectivity index (χ4v) is 3.54. The molecule has 4 nitrogen and oxygen atoms in total. The summed E-state index contributed by atoms with van der Waals surface area (Å²) in [7, 11) is 0. The number of anilines is 1. The van der Waals surface area contributed by atoms with Gasteiger partial charge in [-0.2, -0.15) is 0 Å². The monoisotopic (exact) mass is 319 g/mol. The molecule has 1 N–H and O–H groups in total. The number of rotatable bonds is 3. The van der Waals surface area contributed by atoms with E-state index in [1.54, 1.807) is 0 Å². The molecule has 0 bridgehead atoms. The molecule has 122 valence electrons. The summed E-state index contributed by atoms with van der Waals surface area (Å²) in [6.07, 6.45) is 4.77. The highest BCUT2D eigenvalue weighted by Crippen LogP contribution is 2.35. The van der Waals surface area contributed by atoms with E-state index in [0.717, 1.165) is 29.4 Å². The van der Waals surface area contributed by atoms with Crippen LogP contribution in [0.15, 0.2) is 48.5 Å². The maximum Gasteiger partial charge on any atom is 0.257 e. The van der Waals surface area contributed by atoms with Crippen molar-refractivity contribution >= 4 is 22.9 Å². The van der Waals surface area contributed by atoms with Crippen molar-refractivity contribution in [2.45, 2.75) is 38.6 Å². The molecule has 4 heteroatoms. The molecule has 1 fully saturated rings. The summed E-state index contributed by atoms with van der Waals surface area (Å²) in [5.74, 6) is 0.554. The molecule has 24 heavy (non-hydrogen) atoms. The summed E-state index contributed by atoms with van der Waals surface area (Å²) in [6, 6.07) is 16.1. The first-order chi connectivity index (χ1) is 11.7. The molecule has 2 aromatic carbocycles. The number of nitrogens with one attached hydrogen (secondary N) is 1. The zero-order chi connectivity index (χ0) is 16.5. The lowest BCUT2D eigenvalue weighted by Crippen LogP contribution is -2.17. The predicted octanol–water partition coefficient (Wildman–Crippen LogP) is 4.71. The maximum absolute atomic E-state index is 12.6. The average molecular weight is 319 g/mol. The highest BCUT2D eigenvalue weighted by Gasteiger charge is 2.23. The molecule has 0 radical (unpaired) electrons. The molecule has 1 amide bonds. The Labute approximate surface area is 141 Å². The van der Waals surface area contributed by atoms with Crippen LogP contribution in [0.3, 0.4) is 0 Å². The minimum absolute atomic E-state index is 0.107. The van der Waals surface area contributed by atoms with E-state index in [2.05, 4.69) is 20.9 Å². The van der Waals surface area contributed by atoms with Crippen LogP contribution in [0.1, 0.15) is 47.6 Å². The van der Waals surface area contributed by atoms with E-state index in [9.17, 15) is 4.79 Å². The summed E-state index contributed by atoms with van der Waals surface area (Å²) >= 11 is 0. The second-order valence-electron chi connectivity index (χ2n) is 6.55. The normalized spacial score (nSPS) is 15.0. The average Bonchev–Trinajstić information content (AvgIpc) is 3.22. The van der Waals surface area contributed by atoms with Crippen molar-refractivity contribution in [2.24, 2.45) is 0 Å². The van der Waals surface area contributed by atoms with Gasteiger partial charge in [0.1, 0.15) is 0 Å². The molecule has 0 aliphatic heterocycles. The highest BCUT2D eigenvalue weighted by atomic mass is 16.1. The zero-order valence-corrected chi connectivity index (χ0v) is 13.8. The van der Waals surface area contributed by atoms with Crippen LogP contribution in [0.2, 0.25) is 0 Å². The van der Waals surface area contributed by atoms with Gasteiger partial charge < -0.3 is 4.57 Å². The minimum atomic E-state index is -0.107. The molecule has 0 unspecified atom stereocenters. The number of carbonyl (C=O) groups is 1. The van der Waals surface area contributed by atoms with Gasteiger partial charge in [0, 0.05) is 11.6 Å². The van der Waals surface area contributed by atoms with E-state index in [4.69, 9.17) is 0 Å². The molecule has 4 rings (SSSR count). The van der Waals surface area contributed by atoms with Gasteiger partial charge in [-0.15, -0.1) is 0 Å². The quantitative estimate of drug-likeness (QED) is 0.760. The van der Waals surface area contributed by atoms with E-state index in [0.29, 0.717) is 17.6 Å². The Bertz CT molecular complexity index is 874. The van der Waals surface area contributed by atoms with Gasteiger partial charge in [0.25, 0.3) is 5.91 Å². The number of para-hydroxylation sites is 2. The number of hydrogen-bond acceptors (Lipinski definition) is 2. The van der Waals surface area contributed by atoms with Crippen LogP contribution in [0.25, 0.3) is 11.0 Å². The molecule has 1 aliphatic carbocycles. The number of imidazole rings is 1. The standard InChI is InChI=1S/C20H21N3O/c1-14-10-12-15(13-11-14)19(24)22-20-21-17-8-4-5-9-18(17)23(20)16-6-2-3-7-16/h4-5,8-13,16H,2-3,6-7H2,1H3,(H,21,22,24). The number of aromatic nitrogens is 2. The molecule has 0 saturated heterocycles. The van der Waals surface area contributed by atoms with Crippen LogP contribution in [-0.2, 0) is 0 Å². The summed E-state index contributed by atoms with van der Waals surface area (Å²) in [5, 5.41) is 3.03. The van der Waals surface area contributed by atoms with Crippen LogP contribution >= 0.6 is 0 Å². The lowest BCUT2D eigenvalue weighted by Gasteiger charge is -2.16. The first-order valence-corrected chi connectivity index (χ1v) is 8.57. The van der Waals surface area contributed by atoms with Crippen molar-refractivity contribution in [3.8, 4) is 0 Å². The highest BCUT2D eigenvalue weighted by molar-refractivity contribution is 6.04. The summed E-state index contributed by atoms with van der Waals surface area (Å²) in [4.78, 5) is 17.3. The number of hydrogen-bond donors (Lipinski definition) is 1. The topological polar surface area (TPSA) is 46.9 Å². The maximum atomic E-state index is 12.6. The van der Waals surface area contributed by atoms with Crippen molar-refractivity contribution in [1.29, 1.82) is 0 Å². The summed E-state index contributed by atoms with van der Waals surface area (Å²) < 4.78 is 2.22. The van der Waals surface area contributed by atoms with Crippen LogP contribution in [0, 0.1) is 6.92 Å². The molecular formula is C20H21N3O. The second kappa shape index (κ2) is 6.11. The largest absolute Gasteiger partial charge is 0.307 e. The van der Waals surface area contributed by atoms with Gasteiger partial charge in [-0.05, 0) is 44.0 Å². The number of fused-ring (bicyclic) bond motifs is 1. The third kappa shape index (κ3) is 2.68. The molecule has 1 heterocycles. The molecule has 0 atom stereocenters. The van der Waals surface area contributed by atoms with Gasteiger partial charge in [-0.25, -0.2) is 4.98 Å². The lowest BCUT2D eigenvalue weighted by atomic mass is 10.1. The molecule has 1 aromatic heterocycles. The molecule has 1 aliphatic rings. The van der Waals surface area contributed by atoms with Gasteiger partial charge in [-0.3, -0.25) is 10.1 Å². The van der Waals surface area contributed by atoms with Crippen molar-refractivity contribution < 1.29 is 4.79 Å². The van der Waals surface area contributed by atoms with Gasteiger partial charge in [0.15, 0.2) is 0 Å². The number of carbonyl (C=O) groups excluding carboxylic acids is 1. The lowest BCUT2D eigenvalue weighted by molar-refractivity contribution is 0.102. The van der Waals surface area contributed by atoms with E-state index in [1.807, 2.05) is 49.4 Å². The Morgan fingerprint density at radius 2 is 1.79 bits per heavy atom. The Kier molecular flexibility index (Phi) is 3.81. The molecule has 0 spiro atoms. The molecule has 3 aromatic rings. The number of amides is 1. The Hall–Kier alpha value is -2.62. The Morgan fingerprint density at radius 3 is 2.54 bits per heavy atom. The van der Waals surface area contributed by atoms with E-state index < -0.39 is 0 Å². The van der Waals surface area contributed by atoms with Crippen molar-refractivity contribution in [1.82, 2.24) is 9.55 Å². The second-order valence-corrected chi connectivity index (χ2v) is 6.55.